The number of pyridine rings is 1. The molecule has 34 heavy (non-hydrogen) atoms. The van der Waals surface area contributed by atoms with Crippen LogP contribution in [-0.2, 0) is 16.1 Å². The molecule has 0 fully saturated rings. The molecular formula is C23H30N4O7. The second-order valence-corrected chi connectivity index (χ2v) is 9.20. The largest absolute Gasteiger partial charge is 0.482 e. The Balaban J connectivity index is 2.35. The van der Waals surface area contributed by atoms with Crippen molar-refractivity contribution in [2.45, 2.75) is 59.4 Å². The third-order valence-electron chi connectivity index (χ3n) is 3.78. The van der Waals surface area contributed by atoms with Gasteiger partial charge in [-0.15, -0.1) is 0 Å². The Morgan fingerprint density at radius 2 is 1.44 bits per heavy atom. The molecule has 0 bridgehead atoms. The third kappa shape index (κ3) is 8.49. The van der Waals surface area contributed by atoms with Gasteiger partial charge in [-0.1, -0.05) is 30.3 Å². The van der Waals surface area contributed by atoms with E-state index in [4.69, 9.17) is 14.2 Å². The number of rotatable bonds is 5. The quantitative estimate of drug-likeness (QED) is 0.566. The number of ether oxygens (including phenoxy) is 3. The van der Waals surface area contributed by atoms with Gasteiger partial charge < -0.3 is 14.2 Å². The summed E-state index contributed by atoms with van der Waals surface area (Å²) >= 11 is 0. The highest BCUT2D eigenvalue weighted by Gasteiger charge is 2.25. The van der Waals surface area contributed by atoms with Crippen molar-refractivity contribution in [2.24, 2.45) is 0 Å². The first-order valence-corrected chi connectivity index (χ1v) is 10.5. The molecule has 3 N–H and O–H groups in total. The van der Waals surface area contributed by atoms with Crippen LogP contribution in [0.1, 0.15) is 57.6 Å². The summed E-state index contributed by atoms with van der Waals surface area (Å²) in [5.41, 5.74) is 4.78. The Labute approximate surface area is 197 Å². The van der Waals surface area contributed by atoms with Crippen molar-refractivity contribution in [1.82, 2.24) is 15.5 Å². The highest BCUT2D eigenvalue weighted by atomic mass is 16.6. The maximum atomic E-state index is 13.0. The Hall–Kier alpha value is -4.02. The summed E-state index contributed by atoms with van der Waals surface area (Å²) in [6.45, 7) is 9.96. The molecule has 0 radical (unpaired) electrons. The molecule has 1 heterocycles. The molecule has 1 aromatic carbocycles. The van der Waals surface area contributed by atoms with Gasteiger partial charge in [-0.05, 0) is 47.1 Å². The lowest BCUT2D eigenvalue weighted by Gasteiger charge is -2.22. The smallest absolute Gasteiger partial charge is 0.426 e. The van der Waals surface area contributed by atoms with E-state index in [0.29, 0.717) is 0 Å². The zero-order valence-electron chi connectivity index (χ0n) is 20.1. The van der Waals surface area contributed by atoms with Gasteiger partial charge in [0, 0.05) is 12.3 Å². The first-order valence-electron chi connectivity index (χ1n) is 10.5. The van der Waals surface area contributed by atoms with E-state index in [1.165, 1.54) is 6.20 Å². The van der Waals surface area contributed by atoms with Crippen LogP contribution < -0.4 is 26.4 Å². The minimum atomic E-state index is -0.942. The zero-order chi connectivity index (χ0) is 25.5. The van der Waals surface area contributed by atoms with Crippen LogP contribution in [0.4, 0.5) is 9.59 Å². The first kappa shape index (κ1) is 26.2. The molecule has 3 amide bonds. The van der Waals surface area contributed by atoms with Crippen molar-refractivity contribution in [2.75, 3.05) is 5.43 Å². The number of carbonyl (C=O) groups excluding carboxylic acids is 3. The maximum Gasteiger partial charge on any atom is 0.426 e. The van der Waals surface area contributed by atoms with Crippen molar-refractivity contribution < 1.29 is 28.6 Å². The number of carbonyl (C=O) groups is 3. The third-order valence-corrected chi connectivity index (χ3v) is 3.78. The maximum absolute atomic E-state index is 13.0. The molecule has 0 aliphatic carbocycles. The molecule has 0 unspecified atom stereocenters. The fourth-order valence-electron chi connectivity index (χ4n) is 2.56. The summed E-state index contributed by atoms with van der Waals surface area (Å²) in [5.74, 6) is -1.28. The van der Waals surface area contributed by atoms with Crippen LogP contribution in [0.2, 0.25) is 0 Å². The van der Waals surface area contributed by atoms with Crippen molar-refractivity contribution in [3.63, 3.8) is 0 Å². The van der Waals surface area contributed by atoms with Gasteiger partial charge in [0.2, 0.25) is 5.43 Å². The number of nitrogens with zero attached hydrogens (tertiary/aromatic N) is 1. The Morgan fingerprint density at radius 3 is 2.03 bits per heavy atom. The number of hydrogen-bond donors (Lipinski definition) is 3. The Kier molecular flexibility index (Phi) is 8.28. The van der Waals surface area contributed by atoms with E-state index >= 15 is 0 Å². The van der Waals surface area contributed by atoms with Gasteiger partial charge >= 0.3 is 12.2 Å². The predicted octanol–water partition coefficient (Wildman–Crippen LogP) is 3.08. The van der Waals surface area contributed by atoms with E-state index in [-0.39, 0.29) is 18.1 Å². The minimum absolute atomic E-state index is 0.0215. The number of benzene rings is 1. The van der Waals surface area contributed by atoms with Gasteiger partial charge in [0.1, 0.15) is 17.8 Å². The Morgan fingerprint density at radius 1 is 0.853 bits per heavy atom. The van der Waals surface area contributed by atoms with Crippen molar-refractivity contribution in [3.05, 3.63) is 64.1 Å². The Bertz CT molecular complexity index is 1080. The summed E-state index contributed by atoms with van der Waals surface area (Å²) < 4.78 is 16.9. The second kappa shape index (κ2) is 10.7. The number of hydrazine groups is 1. The van der Waals surface area contributed by atoms with Crippen LogP contribution in [0, 0.1) is 0 Å². The lowest BCUT2D eigenvalue weighted by Crippen LogP contribution is -2.46. The van der Waals surface area contributed by atoms with E-state index in [2.05, 4.69) is 16.3 Å². The molecule has 0 saturated carbocycles. The number of nitrogens with one attached hydrogen (secondary N) is 3. The van der Waals surface area contributed by atoms with Gasteiger partial charge in [-0.25, -0.2) is 25.1 Å². The van der Waals surface area contributed by atoms with Crippen LogP contribution in [0.15, 0.2) is 47.4 Å². The van der Waals surface area contributed by atoms with Crippen LogP contribution in [0.3, 0.4) is 0 Å². The molecule has 11 nitrogen and oxygen atoms in total. The molecule has 0 saturated heterocycles. The highest BCUT2D eigenvalue weighted by Crippen LogP contribution is 2.16. The summed E-state index contributed by atoms with van der Waals surface area (Å²) in [6, 6.07) is 10.1. The standard InChI is InChI=1S/C23H30N4O7/c1-22(2,3)33-20(30)25-24-19(29)17-18(32-14-15-10-8-7-9-11-15)16(28)12-13-27(17)26-21(31)34-23(4,5)6/h7-13H,14H2,1-6H3,(H,24,29)(H,25,30)(H,26,31). The summed E-state index contributed by atoms with van der Waals surface area (Å²) in [7, 11) is 0. The SMILES string of the molecule is CC(C)(C)OC(=O)NNC(=O)c1c(OCc2ccccc2)c(=O)ccn1NC(=O)OC(C)(C)C. The second-order valence-electron chi connectivity index (χ2n) is 9.20. The molecule has 0 aliphatic rings. The molecule has 1 aromatic heterocycles. The predicted molar refractivity (Wildman–Crippen MR) is 124 cm³/mol. The first-order chi connectivity index (χ1) is 15.7. The molecule has 0 aliphatic heterocycles. The van der Waals surface area contributed by atoms with Crippen molar-refractivity contribution >= 4 is 18.1 Å². The topological polar surface area (TPSA) is 137 Å². The average molecular weight is 475 g/mol. The lowest BCUT2D eigenvalue weighted by atomic mass is 10.2. The fraction of sp³-hybridized carbons (Fsp3) is 0.391. The molecule has 2 rings (SSSR count). The van der Waals surface area contributed by atoms with Gasteiger partial charge in [-0.2, -0.15) is 0 Å². The summed E-state index contributed by atoms with van der Waals surface area (Å²) in [6.07, 6.45) is -0.624. The van der Waals surface area contributed by atoms with Gasteiger partial charge in [0.05, 0.1) is 0 Å². The van der Waals surface area contributed by atoms with Gasteiger partial charge in [0.25, 0.3) is 5.91 Å². The number of amides is 3. The summed E-state index contributed by atoms with van der Waals surface area (Å²) in [4.78, 5) is 49.8. The highest BCUT2D eigenvalue weighted by molar-refractivity contribution is 5.96. The molecule has 184 valence electrons. The summed E-state index contributed by atoms with van der Waals surface area (Å²) in [5, 5.41) is 0. The van der Waals surface area contributed by atoms with Crippen molar-refractivity contribution in [1.29, 1.82) is 0 Å². The fourth-order valence-corrected chi connectivity index (χ4v) is 2.56. The molecule has 0 atom stereocenters. The number of aromatic nitrogens is 1. The number of hydrogen-bond acceptors (Lipinski definition) is 7. The van der Waals surface area contributed by atoms with Crippen LogP contribution in [-0.4, -0.2) is 34.0 Å². The van der Waals surface area contributed by atoms with E-state index in [0.717, 1.165) is 16.3 Å². The average Bonchev–Trinajstić information content (AvgIpc) is 2.70. The van der Waals surface area contributed by atoms with Crippen LogP contribution >= 0.6 is 0 Å². The van der Waals surface area contributed by atoms with E-state index in [1.54, 1.807) is 65.8 Å². The molecule has 0 spiro atoms. The van der Waals surface area contributed by atoms with E-state index in [9.17, 15) is 19.2 Å². The zero-order valence-corrected chi connectivity index (χ0v) is 20.1. The van der Waals surface area contributed by atoms with Crippen LogP contribution in [0.5, 0.6) is 5.75 Å². The van der Waals surface area contributed by atoms with Crippen molar-refractivity contribution in [3.8, 4) is 5.75 Å². The lowest BCUT2D eigenvalue weighted by molar-refractivity contribution is 0.0480. The molecular weight excluding hydrogens is 444 g/mol. The van der Waals surface area contributed by atoms with Gasteiger partial charge in [0.15, 0.2) is 11.4 Å². The van der Waals surface area contributed by atoms with E-state index < -0.39 is 34.7 Å². The van der Waals surface area contributed by atoms with Gasteiger partial charge in [-0.3, -0.25) is 15.0 Å². The minimum Gasteiger partial charge on any atom is -0.482 e. The monoisotopic (exact) mass is 474 g/mol. The normalized spacial score (nSPS) is 11.2. The molecule has 11 heteroatoms. The molecule has 2 aromatic rings. The van der Waals surface area contributed by atoms with E-state index in [1.807, 2.05) is 6.07 Å². The van der Waals surface area contributed by atoms with Crippen LogP contribution in [0.25, 0.3) is 0 Å².